The van der Waals surface area contributed by atoms with Gasteiger partial charge in [0.25, 0.3) is 5.91 Å². The molecule has 2 aromatic heterocycles. The molecule has 0 aliphatic rings. The summed E-state index contributed by atoms with van der Waals surface area (Å²) >= 11 is 2.44. The lowest BCUT2D eigenvalue weighted by atomic mass is 10.4. The number of nitrogens with one attached hydrogen (secondary N) is 1. The molecule has 2 heterocycles. The Morgan fingerprint density at radius 3 is 2.50 bits per heavy atom. The van der Waals surface area contributed by atoms with Gasteiger partial charge < -0.3 is 10.4 Å². The van der Waals surface area contributed by atoms with Crippen LogP contribution in [0.4, 0.5) is 5.69 Å². The SMILES string of the molecule is O=C(O)c1ccc(C(=O)Nc2ccsc2)s1. The summed E-state index contributed by atoms with van der Waals surface area (Å²) in [6.07, 6.45) is 0. The van der Waals surface area contributed by atoms with Crippen LogP contribution in [0.15, 0.2) is 29.0 Å². The number of aromatic carboxylic acids is 1. The van der Waals surface area contributed by atoms with Crippen LogP contribution in [0.1, 0.15) is 19.3 Å². The number of carbonyl (C=O) groups excluding carboxylic acids is 1. The van der Waals surface area contributed by atoms with Crippen molar-refractivity contribution in [1.82, 2.24) is 0 Å². The molecule has 82 valence electrons. The van der Waals surface area contributed by atoms with E-state index >= 15 is 0 Å². The molecule has 16 heavy (non-hydrogen) atoms. The molecule has 0 bridgehead atoms. The third-order valence-corrected chi connectivity index (χ3v) is 3.57. The van der Waals surface area contributed by atoms with Crippen LogP contribution in [-0.2, 0) is 0 Å². The van der Waals surface area contributed by atoms with Gasteiger partial charge in [-0.3, -0.25) is 4.79 Å². The van der Waals surface area contributed by atoms with E-state index in [1.807, 2.05) is 10.8 Å². The van der Waals surface area contributed by atoms with Crippen molar-refractivity contribution >= 4 is 40.2 Å². The minimum Gasteiger partial charge on any atom is -0.477 e. The second kappa shape index (κ2) is 4.46. The number of carboxylic acids is 1. The van der Waals surface area contributed by atoms with E-state index in [0.717, 1.165) is 17.0 Å². The number of hydrogen-bond donors (Lipinski definition) is 2. The molecule has 0 saturated heterocycles. The van der Waals surface area contributed by atoms with Gasteiger partial charge in [0.2, 0.25) is 0 Å². The van der Waals surface area contributed by atoms with Crippen molar-refractivity contribution in [3.8, 4) is 0 Å². The van der Waals surface area contributed by atoms with Gasteiger partial charge in [-0.1, -0.05) is 0 Å². The topological polar surface area (TPSA) is 66.4 Å². The van der Waals surface area contributed by atoms with E-state index in [9.17, 15) is 9.59 Å². The molecular weight excluding hydrogens is 246 g/mol. The first kappa shape index (κ1) is 10.8. The van der Waals surface area contributed by atoms with Crippen molar-refractivity contribution in [3.05, 3.63) is 38.7 Å². The number of amides is 1. The molecule has 0 fully saturated rings. The Morgan fingerprint density at radius 1 is 1.19 bits per heavy atom. The molecular formula is C10H7NO3S2. The van der Waals surface area contributed by atoms with Gasteiger partial charge in [-0.15, -0.1) is 11.3 Å². The first-order valence-electron chi connectivity index (χ1n) is 4.33. The number of rotatable bonds is 3. The third-order valence-electron chi connectivity index (χ3n) is 1.82. The molecule has 0 aliphatic carbocycles. The van der Waals surface area contributed by atoms with Crippen molar-refractivity contribution in [2.24, 2.45) is 0 Å². The maximum atomic E-state index is 11.7. The third kappa shape index (κ3) is 2.29. The molecule has 2 rings (SSSR count). The van der Waals surface area contributed by atoms with E-state index in [0.29, 0.717) is 4.88 Å². The fraction of sp³-hybridized carbons (Fsp3) is 0. The van der Waals surface area contributed by atoms with E-state index in [1.165, 1.54) is 23.5 Å². The van der Waals surface area contributed by atoms with E-state index in [1.54, 1.807) is 6.07 Å². The highest BCUT2D eigenvalue weighted by Gasteiger charge is 2.12. The molecule has 0 atom stereocenters. The van der Waals surface area contributed by atoms with Crippen molar-refractivity contribution in [2.75, 3.05) is 5.32 Å². The lowest BCUT2D eigenvalue weighted by Crippen LogP contribution is -2.09. The molecule has 4 nitrogen and oxygen atoms in total. The fourth-order valence-corrected chi connectivity index (χ4v) is 2.43. The highest BCUT2D eigenvalue weighted by Crippen LogP contribution is 2.19. The van der Waals surface area contributed by atoms with E-state index in [2.05, 4.69) is 5.32 Å². The summed E-state index contributed by atoms with van der Waals surface area (Å²) in [5, 5.41) is 15.1. The molecule has 0 unspecified atom stereocenters. The average molecular weight is 253 g/mol. The van der Waals surface area contributed by atoms with E-state index in [-0.39, 0.29) is 10.8 Å². The first-order valence-corrected chi connectivity index (χ1v) is 6.09. The van der Waals surface area contributed by atoms with Crippen molar-refractivity contribution < 1.29 is 14.7 Å². The van der Waals surface area contributed by atoms with Crippen LogP contribution in [0.3, 0.4) is 0 Å². The zero-order valence-electron chi connectivity index (χ0n) is 7.97. The minimum absolute atomic E-state index is 0.162. The molecule has 0 radical (unpaired) electrons. The Morgan fingerprint density at radius 2 is 1.94 bits per heavy atom. The summed E-state index contributed by atoms with van der Waals surface area (Å²) < 4.78 is 0. The fourth-order valence-electron chi connectivity index (χ4n) is 1.10. The average Bonchev–Trinajstić information content (AvgIpc) is 2.86. The molecule has 0 saturated carbocycles. The molecule has 0 spiro atoms. The smallest absolute Gasteiger partial charge is 0.345 e. The minimum atomic E-state index is -1.01. The largest absolute Gasteiger partial charge is 0.477 e. The maximum absolute atomic E-state index is 11.7. The monoisotopic (exact) mass is 253 g/mol. The number of anilines is 1. The van der Waals surface area contributed by atoms with E-state index in [4.69, 9.17) is 5.11 Å². The highest BCUT2D eigenvalue weighted by atomic mass is 32.1. The summed E-state index contributed by atoms with van der Waals surface area (Å²) in [4.78, 5) is 22.8. The second-order valence-corrected chi connectivity index (χ2v) is 4.80. The van der Waals surface area contributed by atoms with Crippen molar-refractivity contribution in [1.29, 1.82) is 0 Å². The quantitative estimate of drug-likeness (QED) is 0.883. The van der Waals surface area contributed by atoms with Crippen molar-refractivity contribution in [3.63, 3.8) is 0 Å². The lowest BCUT2D eigenvalue weighted by molar-refractivity contribution is 0.0702. The Balaban J connectivity index is 2.12. The predicted octanol–water partition coefficient (Wildman–Crippen LogP) is 2.76. The number of carbonyl (C=O) groups is 2. The number of thiophene rings is 2. The summed E-state index contributed by atoms with van der Waals surface area (Å²) in [5.74, 6) is -1.30. The molecule has 2 aromatic rings. The van der Waals surface area contributed by atoms with Crippen LogP contribution < -0.4 is 5.32 Å². The van der Waals surface area contributed by atoms with Gasteiger partial charge in [-0.2, -0.15) is 11.3 Å². The van der Waals surface area contributed by atoms with Gasteiger partial charge in [-0.25, -0.2) is 4.79 Å². The summed E-state index contributed by atoms with van der Waals surface area (Å²) in [5.41, 5.74) is 0.722. The first-order chi connectivity index (χ1) is 7.66. The zero-order valence-corrected chi connectivity index (χ0v) is 9.60. The molecule has 0 aliphatic heterocycles. The number of carboxylic acid groups (broad SMARTS) is 1. The predicted molar refractivity (Wildman–Crippen MR) is 63.6 cm³/mol. The lowest BCUT2D eigenvalue weighted by Gasteiger charge is -1.98. The summed E-state index contributed by atoms with van der Waals surface area (Å²) in [7, 11) is 0. The van der Waals surface area contributed by atoms with Gasteiger partial charge in [0.05, 0.1) is 10.6 Å². The van der Waals surface area contributed by atoms with Crippen LogP contribution in [0.2, 0.25) is 0 Å². The molecule has 6 heteroatoms. The van der Waals surface area contributed by atoms with E-state index < -0.39 is 5.97 Å². The van der Waals surface area contributed by atoms with Crippen LogP contribution in [0.25, 0.3) is 0 Å². The number of hydrogen-bond acceptors (Lipinski definition) is 4. The van der Waals surface area contributed by atoms with Gasteiger partial charge in [0.15, 0.2) is 0 Å². The normalized spacial score (nSPS) is 10.0. The maximum Gasteiger partial charge on any atom is 0.345 e. The summed E-state index contributed by atoms with van der Waals surface area (Å²) in [6, 6.07) is 4.72. The summed E-state index contributed by atoms with van der Waals surface area (Å²) in [6.45, 7) is 0. The second-order valence-electron chi connectivity index (χ2n) is 2.94. The van der Waals surface area contributed by atoms with Gasteiger partial charge >= 0.3 is 5.97 Å². The van der Waals surface area contributed by atoms with Gasteiger partial charge in [-0.05, 0) is 23.6 Å². The highest BCUT2D eigenvalue weighted by molar-refractivity contribution is 7.16. The van der Waals surface area contributed by atoms with Crippen molar-refractivity contribution in [2.45, 2.75) is 0 Å². The molecule has 2 N–H and O–H groups in total. The molecule has 1 amide bonds. The van der Waals surface area contributed by atoms with Crippen LogP contribution in [0.5, 0.6) is 0 Å². The van der Waals surface area contributed by atoms with Gasteiger partial charge in [0, 0.05) is 5.38 Å². The van der Waals surface area contributed by atoms with Crippen LogP contribution in [-0.4, -0.2) is 17.0 Å². The Labute approximate surface area is 99.2 Å². The van der Waals surface area contributed by atoms with Gasteiger partial charge in [0.1, 0.15) is 4.88 Å². The Hall–Kier alpha value is -1.66. The standard InChI is InChI=1S/C10H7NO3S2/c12-9(11-6-3-4-15-5-6)7-1-2-8(16-7)10(13)14/h1-5H,(H,11,12)(H,13,14). The zero-order chi connectivity index (χ0) is 11.5. The Bertz CT molecular complexity index is 516. The Kier molecular flexibility index (Phi) is 3.02. The van der Waals surface area contributed by atoms with Crippen LogP contribution >= 0.6 is 22.7 Å². The van der Waals surface area contributed by atoms with Crippen LogP contribution in [0, 0.1) is 0 Å². The molecule has 0 aromatic carbocycles.